The van der Waals surface area contributed by atoms with Crippen LogP contribution in [-0.4, -0.2) is 13.4 Å². The van der Waals surface area contributed by atoms with E-state index >= 15 is 0 Å². The first-order valence-corrected chi connectivity index (χ1v) is 4.88. The number of halogens is 1. The smallest absolute Gasteiger partial charge is 0.165 e. The van der Waals surface area contributed by atoms with Crippen molar-refractivity contribution in [3.05, 3.63) is 29.1 Å². The van der Waals surface area contributed by atoms with Gasteiger partial charge in [0.1, 0.15) is 6.29 Å². The van der Waals surface area contributed by atoms with E-state index < -0.39 is 0 Å². The number of ether oxygens (including phenoxy) is 1. The Labute approximate surface area is 89.1 Å². The predicted molar refractivity (Wildman–Crippen MR) is 56.8 cm³/mol. The molecule has 0 spiro atoms. The van der Waals surface area contributed by atoms with Crippen LogP contribution in [0.15, 0.2) is 12.1 Å². The Balaban J connectivity index is 3.23. The Morgan fingerprint density at radius 2 is 2.20 bits per heavy atom. The van der Waals surface area contributed by atoms with Gasteiger partial charge < -0.3 is 9.53 Å². The minimum atomic E-state index is -0.379. The second-order valence-corrected chi connectivity index (χ2v) is 3.61. The zero-order valence-electron chi connectivity index (χ0n) is 9.21. The van der Waals surface area contributed by atoms with Gasteiger partial charge in [0.15, 0.2) is 11.6 Å². The molecule has 82 valence electrons. The molecule has 1 atom stereocenters. The van der Waals surface area contributed by atoms with E-state index in [9.17, 15) is 9.18 Å². The number of methoxy groups -OCH3 is 1. The third-order valence-corrected chi connectivity index (χ3v) is 2.51. The molecule has 1 rings (SSSR count). The number of carbonyl (C=O) groups is 1. The van der Waals surface area contributed by atoms with E-state index in [1.807, 2.05) is 13.8 Å². The van der Waals surface area contributed by atoms with Gasteiger partial charge in [0.05, 0.1) is 7.11 Å². The van der Waals surface area contributed by atoms with Crippen LogP contribution >= 0.6 is 0 Å². The third kappa shape index (κ3) is 2.35. The molecule has 0 aliphatic heterocycles. The second-order valence-electron chi connectivity index (χ2n) is 3.61. The maximum absolute atomic E-state index is 13.4. The van der Waals surface area contributed by atoms with E-state index in [4.69, 9.17) is 4.74 Å². The van der Waals surface area contributed by atoms with Crippen molar-refractivity contribution in [2.24, 2.45) is 0 Å². The van der Waals surface area contributed by atoms with Crippen molar-refractivity contribution in [2.45, 2.75) is 26.2 Å². The van der Waals surface area contributed by atoms with Gasteiger partial charge in [-0.05, 0) is 24.5 Å². The summed E-state index contributed by atoms with van der Waals surface area (Å²) in [5.74, 6) is -0.145. The molecule has 0 heterocycles. The van der Waals surface area contributed by atoms with Crippen LogP contribution in [0.5, 0.6) is 5.75 Å². The van der Waals surface area contributed by atoms with Crippen LogP contribution in [0.1, 0.15) is 30.4 Å². The predicted octanol–water partition coefficient (Wildman–Crippen LogP) is 2.84. The summed E-state index contributed by atoms with van der Waals surface area (Å²) >= 11 is 0. The zero-order chi connectivity index (χ0) is 11.4. The van der Waals surface area contributed by atoms with Gasteiger partial charge in [0, 0.05) is 12.0 Å². The van der Waals surface area contributed by atoms with E-state index in [0.717, 1.165) is 17.4 Å². The molecule has 0 aliphatic rings. The number of carbonyl (C=O) groups excluding carboxylic acids is 1. The van der Waals surface area contributed by atoms with Gasteiger partial charge in [-0.25, -0.2) is 4.39 Å². The van der Waals surface area contributed by atoms with Crippen LogP contribution in [0.4, 0.5) is 4.39 Å². The van der Waals surface area contributed by atoms with Crippen molar-refractivity contribution in [2.75, 3.05) is 7.11 Å². The number of benzene rings is 1. The molecular formula is C12H15FO2. The molecule has 0 amide bonds. The maximum Gasteiger partial charge on any atom is 0.165 e. The minimum absolute atomic E-state index is 0.0202. The fraction of sp³-hybridized carbons (Fsp3) is 0.417. The van der Waals surface area contributed by atoms with Gasteiger partial charge in [-0.3, -0.25) is 0 Å². The van der Waals surface area contributed by atoms with E-state index in [2.05, 4.69) is 0 Å². The van der Waals surface area contributed by atoms with E-state index in [1.165, 1.54) is 13.2 Å². The first-order chi connectivity index (χ1) is 7.11. The number of aldehydes is 1. The van der Waals surface area contributed by atoms with Gasteiger partial charge >= 0.3 is 0 Å². The first-order valence-electron chi connectivity index (χ1n) is 4.88. The lowest BCUT2D eigenvalue weighted by atomic mass is 9.93. The van der Waals surface area contributed by atoms with Crippen molar-refractivity contribution in [1.82, 2.24) is 0 Å². The molecule has 0 aromatic heterocycles. The Hall–Kier alpha value is -1.38. The zero-order valence-corrected chi connectivity index (χ0v) is 9.21. The monoisotopic (exact) mass is 210 g/mol. The summed E-state index contributed by atoms with van der Waals surface area (Å²) in [6.45, 7) is 3.78. The minimum Gasteiger partial charge on any atom is -0.493 e. The number of hydrogen-bond donors (Lipinski definition) is 0. The number of rotatable bonds is 4. The molecular weight excluding hydrogens is 195 g/mol. The highest BCUT2D eigenvalue weighted by molar-refractivity contribution is 5.54. The highest BCUT2D eigenvalue weighted by atomic mass is 19.1. The SMILES string of the molecule is COc1c(F)ccc(C)c1C(C)CC=O. The molecule has 0 radical (unpaired) electrons. The maximum atomic E-state index is 13.4. The van der Waals surface area contributed by atoms with Gasteiger partial charge in [-0.2, -0.15) is 0 Å². The van der Waals surface area contributed by atoms with Gasteiger partial charge in [-0.1, -0.05) is 13.0 Å². The van der Waals surface area contributed by atoms with Crippen LogP contribution in [0.2, 0.25) is 0 Å². The Kier molecular flexibility index (Phi) is 3.83. The fourth-order valence-electron chi connectivity index (χ4n) is 1.75. The average Bonchev–Trinajstić information content (AvgIpc) is 2.21. The topological polar surface area (TPSA) is 26.3 Å². The summed E-state index contributed by atoms with van der Waals surface area (Å²) in [6.07, 6.45) is 1.22. The van der Waals surface area contributed by atoms with Crippen LogP contribution < -0.4 is 4.74 Å². The van der Waals surface area contributed by atoms with Crippen molar-refractivity contribution in [3.63, 3.8) is 0 Å². The van der Waals surface area contributed by atoms with E-state index in [0.29, 0.717) is 6.42 Å². The lowest BCUT2D eigenvalue weighted by Gasteiger charge is -2.16. The Morgan fingerprint density at radius 1 is 1.53 bits per heavy atom. The lowest BCUT2D eigenvalue weighted by molar-refractivity contribution is -0.108. The van der Waals surface area contributed by atoms with Crippen molar-refractivity contribution in [3.8, 4) is 5.75 Å². The normalized spacial score (nSPS) is 12.3. The molecule has 3 heteroatoms. The van der Waals surface area contributed by atoms with Crippen LogP contribution in [-0.2, 0) is 4.79 Å². The largest absolute Gasteiger partial charge is 0.493 e. The highest BCUT2D eigenvalue weighted by Crippen LogP contribution is 2.33. The summed E-state index contributed by atoms with van der Waals surface area (Å²) in [7, 11) is 1.44. The van der Waals surface area contributed by atoms with Gasteiger partial charge in [-0.15, -0.1) is 0 Å². The standard InChI is InChI=1S/C12H15FO2/c1-8-4-5-10(13)12(15-3)11(8)9(2)6-7-14/h4-5,7,9H,6H2,1-3H3. The molecule has 0 fully saturated rings. The quantitative estimate of drug-likeness (QED) is 0.714. The Bertz CT molecular complexity index is 361. The highest BCUT2D eigenvalue weighted by Gasteiger charge is 2.17. The molecule has 0 bridgehead atoms. The van der Waals surface area contributed by atoms with Gasteiger partial charge in [0.2, 0.25) is 0 Å². The second kappa shape index (κ2) is 4.91. The molecule has 1 unspecified atom stereocenters. The molecule has 1 aromatic rings. The first kappa shape index (κ1) is 11.7. The van der Waals surface area contributed by atoms with Crippen molar-refractivity contribution < 1.29 is 13.9 Å². The third-order valence-electron chi connectivity index (χ3n) is 2.51. The van der Waals surface area contributed by atoms with Crippen molar-refractivity contribution in [1.29, 1.82) is 0 Å². The summed E-state index contributed by atoms with van der Waals surface area (Å²) in [5.41, 5.74) is 1.73. The molecule has 0 saturated carbocycles. The van der Waals surface area contributed by atoms with Gasteiger partial charge in [0.25, 0.3) is 0 Å². The Morgan fingerprint density at radius 3 is 2.73 bits per heavy atom. The van der Waals surface area contributed by atoms with E-state index in [-0.39, 0.29) is 17.5 Å². The summed E-state index contributed by atoms with van der Waals surface area (Å²) in [6, 6.07) is 3.08. The molecule has 15 heavy (non-hydrogen) atoms. The molecule has 2 nitrogen and oxygen atoms in total. The van der Waals surface area contributed by atoms with Crippen LogP contribution in [0.3, 0.4) is 0 Å². The number of aryl methyl sites for hydroxylation is 1. The fourth-order valence-corrected chi connectivity index (χ4v) is 1.75. The van der Waals surface area contributed by atoms with E-state index in [1.54, 1.807) is 6.07 Å². The summed E-state index contributed by atoms with van der Waals surface area (Å²) in [5, 5.41) is 0. The molecule has 1 aromatic carbocycles. The molecule has 0 saturated heterocycles. The molecule has 0 aliphatic carbocycles. The summed E-state index contributed by atoms with van der Waals surface area (Å²) < 4.78 is 18.5. The summed E-state index contributed by atoms with van der Waals surface area (Å²) in [4.78, 5) is 10.4. The van der Waals surface area contributed by atoms with Crippen LogP contribution in [0, 0.1) is 12.7 Å². The molecule has 0 N–H and O–H groups in total. The lowest BCUT2D eigenvalue weighted by Crippen LogP contribution is -2.03. The van der Waals surface area contributed by atoms with Crippen molar-refractivity contribution >= 4 is 6.29 Å². The average molecular weight is 210 g/mol. The number of hydrogen-bond acceptors (Lipinski definition) is 2. The van der Waals surface area contributed by atoms with Crippen LogP contribution in [0.25, 0.3) is 0 Å².